The first kappa shape index (κ1) is 15.6. The molecular formula is C17H25ClN2. The Labute approximate surface area is 127 Å². The Morgan fingerprint density at radius 1 is 1.40 bits per heavy atom. The third kappa shape index (κ3) is 4.34. The van der Waals surface area contributed by atoms with Crippen LogP contribution in [0.5, 0.6) is 0 Å². The summed E-state index contributed by atoms with van der Waals surface area (Å²) in [6.07, 6.45) is 1.20. The highest BCUT2D eigenvalue weighted by molar-refractivity contribution is 6.29. The SMILES string of the molecule is C=C(Cl)CN1CC(CC(C)C)NCC1c1ccccc1. The number of nitrogens with zero attached hydrogens (tertiary/aromatic N) is 1. The van der Waals surface area contributed by atoms with Gasteiger partial charge in [-0.1, -0.05) is 62.4 Å². The van der Waals surface area contributed by atoms with E-state index in [1.165, 1.54) is 12.0 Å². The zero-order chi connectivity index (χ0) is 14.5. The highest BCUT2D eigenvalue weighted by Crippen LogP contribution is 2.26. The van der Waals surface area contributed by atoms with Gasteiger partial charge in [0, 0.05) is 36.8 Å². The van der Waals surface area contributed by atoms with Gasteiger partial charge in [-0.15, -0.1) is 0 Å². The van der Waals surface area contributed by atoms with Gasteiger partial charge in [-0.2, -0.15) is 0 Å². The van der Waals surface area contributed by atoms with E-state index in [4.69, 9.17) is 11.6 Å². The van der Waals surface area contributed by atoms with Crippen molar-refractivity contribution >= 4 is 11.6 Å². The Kier molecular flexibility index (Phi) is 5.64. The summed E-state index contributed by atoms with van der Waals surface area (Å²) in [6.45, 7) is 11.2. The molecule has 1 aromatic rings. The van der Waals surface area contributed by atoms with Crippen molar-refractivity contribution in [3.05, 3.63) is 47.5 Å². The number of hydrogen-bond acceptors (Lipinski definition) is 2. The summed E-state index contributed by atoms with van der Waals surface area (Å²) in [5, 5.41) is 4.41. The van der Waals surface area contributed by atoms with Gasteiger partial charge in [-0.05, 0) is 17.9 Å². The van der Waals surface area contributed by atoms with Gasteiger partial charge >= 0.3 is 0 Å². The van der Waals surface area contributed by atoms with Crippen LogP contribution in [0.2, 0.25) is 0 Å². The third-order valence-electron chi connectivity index (χ3n) is 3.81. The number of benzene rings is 1. The van der Waals surface area contributed by atoms with Crippen molar-refractivity contribution in [3.63, 3.8) is 0 Å². The topological polar surface area (TPSA) is 15.3 Å². The zero-order valence-electron chi connectivity index (χ0n) is 12.5. The predicted molar refractivity (Wildman–Crippen MR) is 87.0 cm³/mol. The lowest BCUT2D eigenvalue weighted by molar-refractivity contribution is 0.135. The summed E-state index contributed by atoms with van der Waals surface area (Å²) < 4.78 is 0. The van der Waals surface area contributed by atoms with Gasteiger partial charge in [0.2, 0.25) is 0 Å². The molecule has 0 radical (unpaired) electrons. The maximum absolute atomic E-state index is 6.06. The first-order valence-corrected chi connectivity index (χ1v) is 7.79. The normalized spacial score (nSPS) is 24.0. The molecule has 2 atom stereocenters. The van der Waals surface area contributed by atoms with Gasteiger partial charge in [0.05, 0.1) is 0 Å². The van der Waals surface area contributed by atoms with Crippen LogP contribution in [-0.4, -0.2) is 30.6 Å². The number of rotatable bonds is 5. The molecule has 1 N–H and O–H groups in total. The van der Waals surface area contributed by atoms with Gasteiger partial charge in [-0.3, -0.25) is 4.90 Å². The maximum Gasteiger partial charge on any atom is 0.0477 e. The fraction of sp³-hybridized carbons (Fsp3) is 0.529. The van der Waals surface area contributed by atoms with Crippen molar-refractivity contribution in [2.45, 2.75) is 32.4 Å². The summed E-state index contributed by atoms with van der Waals surface area (Å²) in [5.41, 5.74) is 1.35. The van der Waals surface area contributed by atoms with E-state index in [0.29, 0.717) is 18.0 Å². The molecule has 0 amide bonds. The lowest BCUT2D eigenvalue weighted by Crippen LogP contribution is -2.52. The molecule has 0 spiro atoms. The van der Waals surface area contributed by atoms with Crippen LogP contribution in [-0.2, 0) is 0 Å². The standard InChI is InChI=1S/C17H25ClN2/c1-13(2)9-16-12-20(11-14(3)18)17(10-19-16)15-7-5-4-6-8-15/h4-8,13,16-17,19H,3,9-12H2,1-2H3. The quantitative estimate of drug-likeness (QED) is 0.888. The van der Waals surface area contributed by atoms with Gasteiger partial charge in [0.1, 0.15) is 0 Å². The minimum absolute atomic E-state index is 0.384. The van der Waals surface area contributed by atoms with E-state index in [0.717, 1.165) is 24.7 Å². The highest BCUT2D eigenvalue weighted by atomic mass is 35.5. The van der Waals surface area contributed by atoms with Crippen molar-refractivity contribution in [3.8, 4) is 0 Å². The molecule has 110 valence electrons. The number of nitrogens with one attached hydrogen (secondary N) is 1. The monoisotopic (exact) mass is 292 g/mol. The van der Waals surface area contributed by atoms with Crippen molar-refractivity contribution in [2.75, 3.05) is 19.6 Å². The summed E-state index contributed by atoms with van der Waals surface area (Å²) in [6, 6.07) is 11.6. The van der Waals surface area contributed by atoms with Crippen LogP contribution in [0.15, 0.2) is 41.9 Å². The summed E-state index contributed by atoms with van der Waals surface area (Å²) >= 11 is 6.06. The van der Waals surface area contributed by atoms with Gasteiger partial charge in [-0.25, -0.2) is 0 Å². The Balaban J connectivity index is 2.09. The molecule has 20 heavy (non-hydrogen) atoms. The second kappa shape index (κ2) is 7.26. The largest absolute Gasteiger partial charge is 0.311 e. The zero-order valence-corrected chi connectivity index (χ0v) is 13.2. The Morgan fingerprint density at radius 2 is 2.10 bits per heavy atom. The third-order valence-corrected chi connectivity index (χ3v) is 3.93. The maximum atomic E-state index is 6.06. The molecule has 0 saturated carbocycles. The number of piperazine rings is 1. The fourth-order valence-electron chi connectivity index (χ4n) is 3.01. The Hall–Kier alpha value is -0.830. The average Bonchev–Trinajstić information content (AvgIpc) is 2.38. The Bertz CT molecular complexity index is 430. The smallest absolute Gasteiger partial charge is 0.0477 e. The summed E-state index contributed by atoms with van der Waals surface area (Å²) in [4.78, 5) is 2.45. The molecule has 1 aromatic carbocycles. The van der Waals surface area contributed by atoms with Crippen molar-refractivity contribution in [1.29, 1.82) is 0 Å². The summed E-state index contributed by atoms with van der Waals surface area (Å²) in [7, 11) is 0. The first-order valence-electron chi connectivity index (χ1n) is 7.42. The molecule has 0 aromatic heterocycles. The Morgan fingerprint density at radius 3 is 2.70 bits per heavy atom. The minimum Gasteiger partial charge on any atom is -0.311 e. The molecule has 2 nitrogen and oxygen atoms in total. The van der Waals surface area contributed by atoms with Crippen LogP contribution in [0.1, 0.15) is 31.9 Å². The van der Waals surface area contributed by atoms with Crippen LogP contribution in [0.3, 0.4) is 0 Å². The molecule has 1 saturated heterocycles. The van der Waals surface area contributed by atoms with E-state index < -0.39 is 0 Å². The van der Waals surface area contributed by atoms with E-state index in [-0.39, 0.29) is 0 Å². The van der Waals surface area contributed by atoms with E-state index in [2.05, 4.69) is 61.0 Å². The second-order valence-electron chi connectivity index (χ2n) is 6.11. The molecule has 2 rings (SSSR count). The lowest BCUT2D eigenvalue weighted by Gasteiger charge is -2.41. The van der Waals surface area contributed by atoms with Crippen molar-refractivity contribution < 1.29 is 0 Å². The van der Waals surface area contributed by atoms with E-state index in [9.17, 15) is 0 Å². The van der Waals surface area contributed by atoms with Crippen LogP contribution in [0.25, 0.3) is 0 Å². The molecule has 1 heterocycles. The average molecular weight is 293 g/mol. The fourth-order valence-corrected chi connectivity index (χ4v) is 3.16. The van der Waals surface area contributed by atoms with Crippen LogP contribution in [0.4, 0.5) is 0 Å². The van der Waals surface area contributed by atoms with Crippen LogP contribution >= 0.6 is 11.6 Å². The molecule has 2 unspecified atom stereocenters. The number of hydrogen-bond donors (Lipinski definition) is 1. The highest BCUT2D eigenvalue weighted by Gasteiger charge is 2.29. The molecule has 0 aliphatic carbocycles. The van der Waals surface area contributed by atoms with Crippen molar-refractivity contribution in [1.82, 2.24) is 10.2 Å². The number of halogens is 1. The molecule has 1 aliphatic rings. The van der Waals surface area contributed by atoms with E-state index in [1.807, 2.05) is 0 Å². The van der Waals surface area contributed by atoms with Crippen molar-refractivity contribution in [2.24, 2.45) is 5.92 Å². The molecule has 1 aliphatic heterocycles. The van der Waals surface area contributed by atoms with Crippen LogP contribution in [0, 0.1) is 5.92 Å². The predicted octanol–water partition coefficient (Wildman–Crippen LogP) is 3.80. The van der Waals surface area contributed by atoms with E-state index >= 15 is 0 Å². The summed E-state index contributed by atoms with van der Waals surface area (Å²) in [5.74, 6) is 0.710. The van der Waals surface area contributed by atoms with Gasteiger partial charge < -0.3 is 5.32 Å². The first-order chi connectivity index (χ1) is 9.56. The lowest BCUT2D eigenvalue weighted by atomic mass is 9.96. The molecule has 0 bridgehead atoms. The van der Waals surface area contributed by atoms with Gasteiger partial charge in [0.15, 0.2) is 0 Å². The second-order valence-corrected chi connectivity index (χ2v) is 6.64. The molecular weight excluding hydrogens is 268 g/mol. The van der Waals surface area contributed by atoms with E-state index in [1.54, 1.807) is 0 Å². The van der Waals surface area contributed by atoms with Gasteiger partial charge in [0.25, 0.3) is 0 Å². The molecule has 1 fully saturated rings. The molecule has 3 heteroatoms. The van der Waals surface area contributed by atoms with Crippen LogP contribution < -0.4 is 5.32 Å². The minimum atomic E-state index is 0.384.